The number of benzene rings is 2. The predicted molar refractivity (Wildman–Crippen MR) is 124 cm³/mol. The number of carbonyl (C=O) groups excluding carboxylic acids is 1. The molecule has 7 nitrogen and oxygen atoms in total. The van der Waals surface area contributed by atoms with E-state index in [1.54, 1.807) is 24.3 Å². The van der Waals surface area contributed by atoms with Gasteiger partial charge in [-0.3, -0.25) is 9.59 Å². The molecule has 0 aliphatic carbocycles. The minimum atomic E-state index is -4.58. The van der Waals surface area contributed by atoms with Gasteiger partial charge in [0.2, 0.25) is 0 Å². The van der Waals surface area contributed by atoms with Crippen LogP contribution in [0.3, 0.4) is 0 Å². The minimum Gasteiger partial charge on any atom is -0.367 e. The number of carbonyl (C=O) groups is 1. The van der Waals surface area contributed by atoms with E-state index in [-0.39, 0.29) is 17.1 Å². The molecule has 1 amide bonds. The monoisotopic (exact) mass is 491 g/mol. The highest BCUT2D eigenvalue weighted by molar-refractivity contribution is 6.30. The van der Waals surface area contributed by atoms with Crippen LogP contribution in [0.4, 0.5) is 24.5 Å². The zero-order chi connectivity index (χ0) is 24.5. The lowest BCUT2D eigenvalue weighted by atomic mass is 10.1. The van der Waals surface area contributed by atoms with Gasteiger partial charge in [0.05, 0.1) is 16.9 Å². The van der Waals surface area contributed by atoms with Crippen molar-refractivity contribution in [3.8, 4) is 11.4 Å². The summed E-state index contributed by atoms with van der Waals surface area (Å²) >= 11 is 5.87. The first-order valence-electron chi connectivity index (χ1n) is 10.4. The molecule has 0 saturated carbocycles. The molecule has 0 bridgehead atoms. The SMILES string of the molecule is CN1CCN(c2ccc(C(F)(F)F)cc2NC(=O)c2cnc(-c3ccc(Cl)cc3)[nH]c2=O)CC1. The second-order valence-electron chi connectivity index (χ2n) is 7.96. The molecule has 34 heavy (non-hydrogen) atoms. The Kier molecular flexibility index (Phi) is 6.63. The third-order valence-corrected chi connectivity index (χ3v) is 5.83. The molecule has 0 unspecified atom stereocenters. The van der Waals surface area contributed by atoms with Crippen LogP contribution < -0.4 is 15.8 Å². The molecule has 1 aromatic heterocycles. The van der Waals surface area contributed by atoms with E-state index < -0.39 is 23.2 Å². The van der Waals surface area contributed by atoms with E-state index in [1.165, 1.54) is 6.07 Å². The van der Waals surface area contributed by atoms with Crippen molar-refractivity contribution in [3.05, 3.63) is 75.2 Å². The zero-order valence-corrected chi connectivity index (χ0v) is 18.9. The molecule has 2 heterocycles. The summed E-state index contributed by atoms with van der Waals surface area (Å²) in [5.74, 6) is -0.624. The molecule has 0 radical (unpaired) electrons. The van der Waals surface area contributed by atoms with Gasteiger partial charge in [-0.05, 0) is 49.5 Å². The summed E-state index contributed by atoms with van der Waals surface area (Å²) in [7, 11) is 1.96. The van der Waals surface area contributed by atoms with Crippen LogP contribution in [0.1, 0.15) is 15.9 Å². The van der Waals surface area contributed by atoms with Crippen LogP contribution in [0.25, 0.3) is 11.4 Å². The third-order valence-electron chi connectivity index (χ3n) is 5.58. The van der Waals surface area contributed by atoms with Crippen molar-refractivity contribution in [1.29, 1.82) is 0 Å². The first-order chi connectivity index (χ1) is 16.1. The van der Waals surface area contributed by atoms with Crippen molar-refractivity contribution in [3.63, 3.8) is 0 Å². The van der Waals surface area contributed by atoms with Gasteiger partial charge in [0.1, 0.15) is 11.4 Å². The van der Waals surface area contributed by atoms with Crippen molar-refractivity contribution >= 4 is 28.9 Å². The normalized spacial score (nSPS) is 14.8. The molecule has 4 rings (SSSR count). The summed E-state index contributed by atoms with van der Waals surface area (Å²) in [5.41, 5.74) is -0.915. The maximum atomic E-state index is 13.3. The smallest absolute Gasteiger partial charge is 0.367 e. The quantitative estimate of drug-likeness (QED) is 0.574. The standard InChI is InChI=1S/C23H21ClF3N5O2/c1-31-8-10-32(11-9-31)19-7-4-15(23(25,26)27)12-18(19)29-21(33)17-13-28-20(30-22(17)34)14-2-5-16(24)6-3-14/h2-7,12-13H,8-11H2,1H3,(H,29,33)(H,28,30,34). The summed E-state index contributed by atoms with van der Waals surface area (Å²) in [6.07, 6.45) is -3.49. The van der Waals surface area contributed by atoms with Crippen molar-refractivity contribution in [1.82, 2.24) is 14.9 Å². The van der Waals surface area contributed by atoms with E-state index >= 15 is 0 Å². The Bertz CT molecular complexity index is 1250. The number of anilines is 2. The van der Waals surface area contributed by atoms with Gasteiger partial charge in [-0.25, -0.2) is 4.98 Å². The predicted octanol–water partition coefficient (Wildman–Crippen LogP) is 4.11. The van der Waals surface area contributed by atoms with E-state index in [2.05, 4.69) is 20.2 Å². The Morgan fingerprint density at radius 2 is 1.76 bits per heavy atom. The number of hydrogen-bond acceptors (Lipinski definition) is 5. The Balaban J connectivity index is 1.63. The second kappa shape index (κ2) is 9.47. The second-order valence-corrected chi connectivity index (χ2v) is 8.39. The van der Waals surface area contributed by atoms with E-state index in [9.17, 15) is 22.8 Å². The molecule has 0 atom stereocenters. The van der Waals surface area contributed by atoms with Crippen LogP contribution in [0, 0.1) is 0 Å². The van der Waals surface area contributed by atoms with E-state index in [1.807, 2.05) is 11.9 Å². The number of nitrogens with one attached hydrogen (secondary N) is 2. The Morgan fingerprint density at radius 1 is 1.09 bits per heavy atom. The van der Waals surface area contributed by atoms with Gasteiger partial charge in [-0.15, -0.1) is 0 Å². The lowest BCUT2D eigenvalue weighted by Gasteiger charge is -2.35. The Hall–Kier alpha value is -3.37. The van der Waals surface area contributed by atoms with Gasteiger partial charge in [-0.2, -0.15) is 13.2 Å². The van der Waals surface area contributed by atoms with Crippen LogP contribution in [-0.4, -0.2) is 54.0 Å². The molecule has 178 valence electrons. The molecule has 2 aromatic carbocycles. The Morgan fingerprint density at radius 3 is 2.38 bits per heavy atom. The van der Waals surface area contributed by atoms with Crippen LogP contribution in [-0.2, 0) is 6.18 Å². The van der Waals surface area contributed by atoms with E-state index in [4.69, 9.17) is 11.6 Å². The number of aromatic nitrogens is 2. The first kappa shape index (κ1) is 23.8. The van der Waals surface area contributed by atoms with Gasteiger partial charge >= 0.3 is 6.18 Å². The van der Waals surface area contributed by atoms with Crippen molar-refractivity contribution in [2.75, 3.05) is 43.4 Å². The first-order valence-corrected chi connectivity index (χ1v) is 10.8. The fraction of sp³-hybridized carbons (Fsp3) is 0.261. The molecular weight excluding hydrogens is 471 g/mol. The molecular formula is C23H21ClF3N5O2. The molecule has 11 heteroatoms. The number of H-pyrrole nitrogens is 1. The van der Waals surface area contributed by atoms with Crippen LogP contribution >= 0.6 is 11.6 Å². The summed E-state index contributed by atoms with van der Waals surface area (Å²) in [4.78, 5) is 36.1. The topological polar surface area (TPSA) is 81.3 Å². The van der Waals surface area contributed by atoms with E-state index in [0.29, 0.717) is 29.4 Å². The minimum absolute atomic E-state index is 0.0226. The largest absolute Gasteiger partial charge is 0.416 e. The fourth-order valence-electron chi connectivity index (χ4n) is 3.64. The summed E-state index contributed by atoms with van der Waals surface area (Å²) in [6, 6.07) is 9.79. The highest BCUT2D eigenvalue weighted by Crippen LogP contribution is 2.36. The van der Waals surface area contributed by atoms with Gasteiger partial charge in [-0.1, -0.05) is 11.6 Å². The molecule has 3 aromatic rings. The molecule has 1 aliphatic heterocycles. The maximum absolute atomic E-state index is 13.3. The number of halogens is 4. The number of alkyl halides is 3. The Labute approximate surface area is 198 Å². The third kappa shape index (κ3) is 5.23. The highest BCUT2D eigenvalue weighted by atomic mass is 35.5. The number of amides is 1. The van der Waals surface area contributed by atoms with E-state index in [0.717, 1.165) is 31.4 Å². The van der Waals surface area contributed by atoms with Crippen LogP contribution in [0.5, 0.6) is 0 Å². The van der Waals surface area contributed by atoms with Crippen molar-refractivity contribution in [2.45, 2.75) is 6.18 Å². The summed E-state index contributed by atoms with van der Waals surface area (Å²) < 4.78 is 40.0. The number of rotatable bonds is 4. The zero-order valence-electron chi connectivity index (χ0n) is 18.1. The van der Waals surface area contributed by atoms with Crippen molar-refractivity contribution < 1.29 is 18.0 Å². The maximum Gasteiger partial charge on any atom is 0.416 e. The van der Waals surface area contributed by atoms with Gasteiger partial charge in [0, 0.05) is 43.0 Å². The average Bonchev–Trinajstić information content (AvgIpc) is 2.79. The van der Waals surface area contributed by atoms with Crippen LogP contribution in [0.15, 0.2) is 53.5 Å². The lowest BCUT2D eigenvalue weighted by Crippen LogP contribution is -2.44. The molecule has 0 spiro atoms. The number of piperazine rings is 1. The number of nitrogens with zero attached hydrogens (tertiary/aromatic N) is 3. The molecule has 2 N–H and O–H groups in total. The molecule has 1 saturated heterocycles. The number of hydrogen-bond donors (Lipinski definition) is 2. The number of likely N-dealkylation sites (N-methyl/N-ethyl adjacent to an activating group) is 1. The number of aromatic amines is 1. The lowest BCUT2D eigenvalue weighted by molar-refractivity contribution is -0.137. The highest BCUT2D eigenvalue weighted by Gasteiger charge is 2.32. The molecule has 1 fully saturated rings. The van der Waals surface area contributed by atoms with Gasteiger partial charge in [0.15, 0.2) is 0 Å². The average molecular weight is 492 g/mol. The van der Waals surface area contributed by atoms with Crippen molar-refractivity contribution in [2.24, 2.45) is 0 Å². The van der Waals surface area contributed by atoms with Crippen LogP contribution in [0.2, 0.25) is 5.02 Å². The summed E-state index contributed by atoms with van der Waals surface area (Å²) in [6.45, 7) is 2.62. The molecule has 1 aliphatic rings. The fourth-order valence-corrected chi connectivity index (χ4v) is 3.76. The summed E-state index contributed by atoms with van der Waals surface area (Å²) in [5, 5.41) is 3.00. The van der Waals surface area contributed by atoms with Gasteiger partial charge in [0.25, 0.3) is 11.5 Å². The van der Waals surface area contributed by atoms with Gasteiger partial charge < -0.3 is 20.1 Å².